The van der Waals surface area contributed by atoms with E-state index in [0.717, 1.165) is 27.4 Å². The molecule has 38 heavy (non-hydrogen) atoms. The van der Waals surface area contributed by atoms with Crippen LogP contribution in [-0.2, 0) is 4.79 Å². The van der Waals surface area contributed by atoms with E-state index in [-0.39, 0.29) is 35.0 Å². The molecule has 0 radical (unpaired) electrons. The Balaban J connectivity index is 1.28. The van der Waals surface area contributed by atoms with Gasteiger partial charge in [0, 0.05) is 0 Å². The van der Waals surface area contributed by atoms with Crippen LogP contribution in [0, 0.1) is 0 Å². The van der Waals surface area contributed by atoms with Crippen molar-refractivity contribution in [2.45, 2.75) is 0 Å². The van der Waals surface area contributed by atoms with Crippen LogP contribution in [-0.4, -0.2) is 42.3 Å². The third-order valence-electron chi connectivity index (χ3n) is 5.90. The second-order valence-electron chi connectivity index (χ2n) is 8.32. The molecule has 1 aliphatic rings. The maximum absolute atomic E-state index is 13.0. The number of methoxy groups -OCH3 is 1. The number of hydrogen-bond acceptors (Lipinski definition) is 7. The zero-order valence-electron chi connectivity index (χ0n) is 20.5. The highest BCUT2D eigenvalue weighted by molar-refractivity contribution is 8.18. The van der Waals surface area contributed by atoms with Gasteiger partial charge >= 0.3 is 5.97 Å². The molecule has 4 aromatic carbocycles. The zero-order valence-corrected chi connectivity index (χ0v) is 21.3. The smallest absolute Gasteiger partial charge is 0.344 e. The van der Waals surface area contributed by atoms with Crippen LogP contribution in [0.15, 0.2) is 95.9 Å². The lowest BCUT2D eigenvalue weighted by Gasteiger charge is -2.13. The van der Waals surface area contributed by atoms with Crippen LogP contribution in [0.4, 0.5) is 4.79 Å². The van der Waals surface area contributed by atoms with E-state index in [9.17, 15) is 14.4 Å². The summed E-state index contributed by atoms with van der Waals surface area (Å²) in [7, 11) is 1.47. The molecule has 8 heteroatoms. The summed E-state index contributed by atoms with van der Waals surface area (Å²) in [6.45, 7) is 0.337. The van der Waals surface area contributed by atoms with Crippen LogP contribution in [0.3, 0.4) is 0 Å². The number of para-hydroxylation sites is 1. The molecule has 0 bridgehead atoms. The molecule has 0 saturated carbocycles. The van der Waals surface area contributed by atoms with Gasteiger partial charge < -0.3 is 14.2 Å². The minimum atomic E-state index is -0.508. The SMILES string of the molecule is COc1cc(/C=C2\SC(=O)N(CCOc3ccccc3)C2=O)ccc1OC(=O)c1cccc2ccccc12. The van der Waals surface area contributed by atoms with Gasteiger partial charge in [-0.05, 0) is 64.5 Å². The third-order valence-corrected chi connectivity index (χ3v) is 6.81. The maximum atomic E-state index is 13.0. The minimum Gasteiger partial charge on any atom is -0.493 e. The van der Waals surface area contributed by atoms with E-state index < -0.39 is 5.97 Å². The van der Waals surface area contributed by atoms with Crippen LogP contribution in [0.25, 0.3) is 16.8 Å². The maximum Gasteiger partial charge on any atom is 0.344 e. The van der Waals surface area contributed by atoms with Gasteiger partial charge in [-0.2, -0.15) is 0 Å². The molecule has 4 aromatic rings. The Morgan fingerprint density at radius 1 is 0.895 bits per heavy atom. The molecule has 0 atom stereocenters. The summed E-state index contributed by atoms with van der Waals surface area (Å²) >= 11 is 0.866. The summed E-state index contributed by atoms with van der Waals surface area (Å²) in [5, 5.41) is 1.37. The van der Waals surface area contributed by atoms with E-state index in [4.69, 9.17) is 14.2 Å². The highest BCUT2D eigenvalue weighted by Crippen LogP contribution is 2.35. The number of carbonyl (C=O) groups excluding carboxylic acids is 3. The van der Waals surface area contributed by atoms with Crippen molar-refractivity contribution in [3.05, 3.63) is 107 Å². The molecule has 0 N–H and O–H groups in total. The summed E-state index contributed by atoms with van der Waals surface area (Å²) in [5.41, 5.74) is 1.07. The van der Waals surface area contributed by atoms with Gasteiger partial charge in [-0.1, -0.05) is 60.7 Å². The fourth-order valence-electron chi connectivity index (χ4n) is 4.03. The summed E-state index contributed by atoms with van der Waals surface area (Å²) in [5.74, 6) is 0.341. The van der Waals surface area contributed by atoms with Gasteiger partial charge in [-0.15, -0.1) is 0 Å². The van der Waals surface area contributed by atoms with Crippen molar-refractivity contribution in [3.8, 4) is 17.2 Å². The highest BCUT2D eigenvalue weighted by atomic mass is 32.2. The number of carbonyl (C=O) groups is 3. The predicted octanol–water partition coefficient (Wildman–Crippen LogP) is 6.18. The average Bonchev–Trinajstić information content (AvgIpc) is 3.21. The average molecular weight is 526 g/mol. The molecule has 1 heterocycles. The summed E-state index contributed by atoms with van der Waals surface area (Å²) in [6.07, 6.45) is 1.61. The van der Waals surface area contributed by atoms with Gasteiger partial charge in [0.25, 0.3) is 11.1 Å². The number of nitrogens with zero attached hydrogens (tertiary/aromatic N) is 1. The van der Waals surface area contributed by atoms with E-state index in [1.165, 1.54) is 7.11 Å². The summed E-state index contributed by atoms with van der Waals surface area (Å²) in [6, 6.07) is 27.2. The van der Waals surface area contributed by atoms with Crippen molar-refractivity contribution in [3.63, 3.8) is 0 Å². The standard InChI is InChI=1S/C30H23NO6S/c1-35-26-18-20(14-15-25(26)37-29(33)24-13-7-9-21-8-5-6-12-23(21)24)19-27-28(32)31(30(34)38-27)16-17-36-22-10-3-2-4-11-22/h2-15,18-19H,16-17H2,1H3/b27-19-. The predicted molar refractivity (Wildman–Crippen MR) is 147 cm³/mol. The second-order valence-corrected chi connectivity index (χ2v) is 9.31. The monoisotopic (exact) mass is 525 g/mol. The zero-order chi connectivity index (χ0) is 26.5. The Morgan fingerprint density at radius 2 is 1.66 bits per heavy atom. The molecule has 0 spiro atoms. The van der Waals surface area contributed by atoms with Crippen LogP contribution < -0.4 is 14.2 Å². The number of amides is 2. The first-order valence-electron chi connectivity index (χ1n) is 11.8. The van der Waals surface area contributed by atoms with Crippen LogP contribution in [0.2, 0.25) is 0 Å². The fourth-order valence-corrected chi connectivity index (χ4v) is 4.90. The van der Waals surface area contributed by atoms with Gasteiger partial charge in [0.2, 0.25) is 0 Å². The molecule has 1 aliphatic heterocycles. The van der Waals surface area contributed by atoms with Crippen LogP contribution in [0.5, 0.6) is 17.2 Å². The third kappa shape index (κ3) is 5.40. The molecule has 0 aliphatic carbocycles. The number of rotatable bonds is 8. The topological polar surface area (TPSA) is 82.1 Å². The fraction of sp³-hybridized carbons (Fsp3) is 0.100. The van der Waals surface area contributed by atoms with Gasteiger partial charge in [0.15, 0.2) is 11.5 Å². The van der Waals surface area contributed by atoms with Crippen molar-refractivity contribution < 1.29 is 28.6 Å². The Kier molecular flexibility index (Phi) is 7.42. The Labute approximate surface area is 223 Å². The van der Waals surface area contributed by atoms with Crippen molar-refractivity contribution in [1.29, 1.82) is 0 Å². The van der Waals surface area contributed by atoms with Crippen molar-refractivity contribution in [2.75, 3.05) is 20.3 Å². The minimum absolute atomic E-state index is 0.142. The van der Waals surface area contributed by atoms with E-state index in [0.29, 0.717) is 22.6 Å². The number of thioether (sulfide) groups is 1. The molecule has 0 aromatic heterocycles. The quantitative estimate of drug-likeness (QED) is 0.154. The van der Waals surface area contributed by atoms with E-state index in [2.05, 4.69) is 0 Å². The van der Waals surface area contributed by atoms with Crippen molar-refractivity contribution >= 4 is 45.7 Å². The van der Waals surface area contributed by atoms with E-state index >= 15 is 0 Å². The van der Waals surface area contributed by atoms with Crippen LogP contribution in [0.1, 0.15) is 15.9 Å². The van der Waals surface area contributed by atoms with Gasteiger partial charge in [-0.3, -0.25) is 14.5 Å². The number of hydrogen-bond donors (Lipinski definition) is 0. The lowest BCUT2D eigenvalue weighted by molar-refractivity contribution is -0.123. The first-order valence-corrected chi connectivity index (χ1v) is 12.7. The number of fused-ring (bicyclic) bond motifs is 1. The van der Waals surface area contributed by atoms with E-state index in [1.54, 1.807) is 36.4 Å². The Morgan fingerprint density at radius 3 is 2.47 bits per heavy atom. The molecule has 1 fully saturated rings. The van der Waals surface area contributed by atoms with E-state index in [1.807, 2.05) is 60.7 Å². The molecule has 1 saturated heterocycles. The first-order chi connectivity index (χ1) is 18.5. The Bertz CT molecular complexity index is 1540. The molecule has 5 rings (SSSR count). The first kappa shape index (κ1) is 25.1. The molecule has 2 amide bonds. The molecular weight excluding hydrogens is 502 g/mol. The second kappa shape index (κ2) is 11.2. The van der Waals surface area contributed by atoms with Gasteiger partial charge in [0.05, 0.1) is 24.1 Å². The molecule has 0 unspecified atom stereocenters. The lowest BCUT2D eigenvalue weighted by Crippen LogP contribution is -2.32. The normalized spacial score (nSPS) is 14.2. The highest BCUT2D eigenvalue weighted by Gasteiger charge is 2.34. The summed E-state index contributed by atoms with van der Waals surface area (Å²) < 4.78 is 16.7. The van der Waals surface area contributed by atoms with Crippen molar-refractivity contribution in [2.24, 2.45) is 0 Å². The number of ether oxygens (including phenoxy) is 3. The van der Waals surface area contributed by atoms with Crippen LogP contribution >= 0.6 is 11.8 Å². The lowest BCUT2D eigenvalue weighted by atomic mass is 10.0. The van der Waals surface area contributed by atoms with Gasteiger partial charge in [0.1, 0.15) is 12.4 Å². The summed E-state index contributed by atoms with van der Waals surface area (Å²) in [4.78, 5) is 39.7. The number of esters is 1. The Hall–Kier alpha value is -4.56. The number of benzene rings is 4. The van der Waals surface area contributed by atoms with Gasteiger partial charge in [-0.25, -0.2) is 4.79 Å². The molecular formula is C30H23NO6S. The number of imide groups is 1. The largest absolute Gasteiger partial charge is 0.493 e. The molecule has 7 nitrogen and oxygen atoms in total. The van der Waals surface area contributed by atoms with Crippen molar-refractivity contribution in [1.82, 2.24) is 4.90 Å². The molecule has 190 valence electrons.